The fourth-order valence-electron chi connectivity index (χ4n) is 3.95. The number of carbonyl (C=O) groups excluding carboxylic acids is 1. The second-order valence-electron chi connectivity index (χ2n) is 7.31. The number of sulfone groups is 1. The molecular weight excluding hydrogens is 354 g/mol. The summed E-state index contributed by atoms with van der Waals surface area (Å²) in [7, 11) is -3.31. The van der Waals surface area contributed by atoms with Gasteiger partial charge in [-0.05, 0) is 55.9 Å². The van der Waals surface area contributed by atoms with Gasteiger partial charge >= 0.3 is 5.97 Å². The highest BCUT2D eigenvalue weighted by Gasteiger charge is 2.30. The summed E-state index contributed by atoms with van der Waals surface area (Å²) in [4.78, 5) is 25.4. The summed E-state index contributed by atoms with van der Waals surface area (Å²) in [6.45, 7) is 1.08. The summed E-state index contributed by atoms with van der Waals surface area (Å²) in [5.74, 6) is -0.798. The average Bonchev–Trinajstić information content (AvgIpc) is 3.17. The third kappa shape index (κ3) is 4.09. The zero-order chi connectivity index (χ0) is 18.7. The third-order valence-corrected chi connectivity index (χ3v) is 7.81. The Morgan fingerprint density at radius 2 is 1.58 bits per heavy atom. The topological polar surface area (TPSA) is 91.8 Å². The molecule has 0 atom stereocenters. The predicted octanol–water partition coefficient (Wildman–Crippen LogP) is 2.73. The van der Waals surface area contributed by atoms with Crippen LogP contribution in [0.3, 0.4) is 0 Å². The molecule has 1 aromatic carbocycles. The van der Waals surface area contributed by atoms with Gasteiger partial charge in [0, 0.05) is 25.1 Å². The second kappa shape index (κ2) is 7.78. The summed E-state index contributed by atoms with van der Waals surface area (Å²) < 4.78 is 25.2. The van der Waals surface area contributed by atoms with Crippen LogP contribution in [0.5, 0.6) is 0 Å². The highest BCUT2D eigenvalue weighted by Crippen LogP contribution is 2.30. The zero-order valence-electron chi connectivity index (χ0n) is 14.8. The summed E-state index contributed by atoms with van der Waals surface area (Å²) >= 11 is 0. The second-order valence-corrected chi connectivity index (χ2v) is 9.54. The van der Waals surface area contributed by atoms with E-state index in [1.165, 1.54) is 12.1 Å². The van der Waals surface area contributed by atoms with Gasteiger partial charge in [0.15, 0.2) is 9.84 Å². The van der Waals surface area contributed by atoms with Gasteiger partial charge in [0.2, 0.25) is 0 Å². The van der Waals surface area contributed by atoms with Crippen LogP contribution in [0.25, 0.3) is 0 Å². The lowest BCUT2D eigenvalue weighted by Crippen LogP contribution is -2.38. The standard InChI is InChI=1S/C19H25NO5S/c21-18(22)13-14-9-11-20(12-10-14)19(23)15-5-7-17(8-6-15)26(24,25)16-3-1-2-4-16/h5-8,14,16H,1-4,9-13H2,(H,21,22). The quantitative estimate of drug-likeness (QED) is 0.849. The fourth-order valence-corrected chi connectivity index (χ4v) is 5.80. The van der Waals surface area contributed by atoms with Crippen LogP contribution >= 0.6 is 0 Å². The van der Waals surface area contributed by atoms with Crippen LogP contribution < -0.4 is 0 Å². The third-order valence-electron chi connectivity index (χ3n) is 5.54. The largest absolute Gasteiger partial charge is 0.481 e. The van der Waals surface area contributed by atoms with E-state index in [1.54, 1.807) is 17.0 Å². The zero-order valence-corrected chi connectivity index (χ0v) is 15.6. The smallest absolute Gasteiger partial charge is 0.303 e. The molecule has 1 saturated carbocycles. The van der Waals surface area contributed by atoms with E-state index in [0.29, 0.717) is 49.2 Å². The number of benzene rings is 1. The van der Waals surface area contributed by atoms with Crippen molar-refractivity contribution in [2.24, 2.45) is 5.92 Å². The van der Waals surface area contributed by atoms with Gasteiger partial charge in [-0.3, -0.25) is 9.59 Å². The van der Waals surface area contributed by atoms with E-state index in [0.717, 1.165) is 12.8 Å². The molecule has 1 amide bonds. The van der Waals surface area contributed by atoms with E-state index in [1.807, 2.05) is 0 Å². The van der Waals surface area contributed by atoms with E-state index >= 15 is 0 Å². The molecule has 2 aliphatic rings. The van der Waals surface area contributed by atoms with Crippen LogP contribution in [0.4, 0.5) is 0 Å². The Morgan fingerprint density at radius 1 is 1.00 bits per heavy atom. The monoisotopic (exact) mass is 379 g/mol. The Hall–Kier alpha value is -1.89. The molecule has 1 aromatic rings. The highest BCUT2D eigenvalue weighted by atomic mass is 32.2. The van der Waals surface area contributed by atoms with Crippen LogP contribution in [-0.4, -0.2) is 48.6 Å². The van der Waals surface area contributed by atoms with Gasteiger partial charge in [-0.2, -0.15) is 0 Å². The van der Waals surface area contributed by atoms with E-state index < -0.39 is 15.8 Å². The van der Waals surface area contributed by atoms with Crippen molar-refractivity contribution in [3.05, 3.63) is 29.8 Å². The molecule has 26 heavy (non-hydrogen) atoms. The molecule has 3 rings (SSSR count). The van der Waals surface area contributed by atoms with Gasteiger partial charge in [-0.25, -0.2) is 8.42 Å². The van der Waals surface area contributed by atoms with Crippen LogP contribution in [0.1, 0.15) is 55.3 Å². The van der Waals surface area contributed by atoms with E-state index in [-0.39, 0.29) is 23.5 Å². The summed E-state index contributed by atoms with van der Waals surface area (Å²) in [6, 6.07) is 6.26. The molecule has 0 radical (unpaired) electrons. The Balaban J connectivity index is 1.63. The summed E-state index contributed by atoms with van der Waals surface area (Å²) in [5, 5.41) is 8.57. The summed E-state index contributed by atoms with van der Waals surface area (Å²) in [6.07, 6.45) is 4.87. The first kappa shape index (κ1) is 18.9. The number of aliphatic carboxylic acids is 1. The van der Waals surface area contributed by atoms with Gasteiger partial charge in [-0.1, -0.05) is 12.8 Å². The number of likely N-dealkylation sites (tertiary alicyclic amines) is 1. The van der Waals surface area contributed by atoms with Crippen molar-refractivity contribution in [3.63, 3.8) is 0 Å². The van der Waals surface area contributed by atoms with Gasteiger partial charge in [0.1, 0.15) is 0 Å². The first-order valence-corrected chi connectivity index (χ1v) is 10.8. The molecule has 0 spiro atoms. The molecule has 0 bridgehead atoms. The van der Waals surface area contributed by atoms with Gasteiger partial charge in [-0.15, -0.1) is 0 Å². The number of hydrogen-bond donors (Lipinski definition) is 1. The SMILES string of the molecule is O=C(O)CC1CCN(C(=O)c2ccc(S(=O)(=O)C3CCCC3)cc2)CC1. The normalized spacial score (nSPS) is 19.6. The molecule has 1 heterocycles. The molecular formula is C19H25NO5S. The van der Waals surface area contributed by atoms with Gasteiger partial charge in [0.25, 0.3) is 5.91 Å². The molecule has 1 N–H and O–H groups in total. The van der Waals surface area contributed by atoms with Crippen LogP contribution in [0, 0.1) is 5.92 Å². The first-order chi connectivity index (χ1) is 12.4. The van der Waals surface area contributed by atoms with Crippen LogP contribution in [0.15, 0.2) is 29.2 Å². The van der Waals surface area contributed by atoms with Crippen molar-refractivity contribution < 1.29 is 23.1 Å². The van der Waals surface area contributed by atoms with E-state index in [4.69, 9.17) is 5.11 Å². The molecule has 1 saturated heterocycles. The number of nitrogens with zero attached hydrogens (tertiary/aromatic N) is 1. The Kier molecular flexibility index (Phi) is 5.65. The maximum Gasteiger partial charge on any atom is 0.303 e. The van der Waals surface area contributed by atoms with Crippen molar-refractivity contribution in [3.8, 4) is 0 Å². The lowest BCUT2D eigenvalue weighted by atomic mass is 9.93. The van der Waals surface area contributed by atoms with Crippen LogP contribution in [0.2, 0.25) is 0 Å². The number of carbonyl (C=O) groups is 2. The maximum atomic E-state index is 12.6. The number of carboxylic acid groups (broad SMARTS) is 1. The predicted molar refractivity (Wildman–Crippen MR) is 96.8 cm³/mol. The van der Waals surface area contributed by atoms with Crippen molar-refractivity contribution in [2.45, 2.75) is 55.1 Å². The van der Waals surface area contributed by atoms with Crippen molar-refractivity contribution >= 4 is 21.7 Å². The Morgan fingerprint density at radius 3 is 2.12 bits per heavy atom. The molecule has 1 aliphatic heterocycles. The lowest BCUT2D eigenvalue weighted by Gasteiger charge is -2.31. The Bertz CT molecular complexity index is 758. The molecule has 0 aromatic heterocycles. The fraction of sp³-hybridized carbons (Fsp3) is 0.579. The van der Waals surface area contributed by atoms with Gasteiger partial charge < -0.3 is 10.0 Å². The van der Waals surface area contributed by atoms with Crippen molar-refractivity contribution in [1.29, 1.82) is 0 Å². The van der Waals surface area contributed by atoms with E-state index in [9.17, 15) is 18.0 Å². The molecule has 0 unspecified atom stereocenters. The number of piperidine rings is 1. The first-order valence-electron chi connectivity index (χ1n) is 9.23. The summed E-state index contributed by atoms with van der Waals surface area (Å²) in [5.41, 5.74) is 0.479. The Labute approximate surface area is 154 Å². The molecule has 7 heteroatoms. The number of rotatable bonds is 5. The van der Waals surface area contributed by atoms with E-state index in [2.05, 4.69) is 0 Å². The molecule has 1 aliphatic carbocycles. The van der Waals surface area contributed by atoms with Crippen molar-refractivity contribution in [1.82, 2.24) is 4.90 Å². The number of amides is 1. The average molecular weight is 379 g/mol. The minimum absolute atomic E-state index is 0.121. The highest BCUT2D eigenvalue weighted by molar-refractivity contribution is 7.92. The minimum Gasteiger partial charge on any atom is -0.481 e. The molecule has 6 nitrogen and oxygen atoms in total. The molecule has 142 valence electrons. The van der Waals surface area contributed by atoms with Crippen LogP contribution in [-0.2, 0) is 14.6 Å². The van der Waals surface area contributed by atoms with Crippen molar-refractivity contribution in [2.75, 3.05) is 13.1 Å². The minimum atomic E-state index is -3.31. The lowest BCUT2D eigenvalue weighted by molar-refractivity contribution is -0.138. The van der Waals surface area contributed by atoms with Gasteiger partial charge in [0.05, 0.1) is 10.1 Å². The maximum absolute atomic E-state index is 12.6. The number of hydrogen-bond acceptors (Lipinski definition) is 4. The molecule has 2 fully saturated rings. The number of carboxylic acids is 1.